The topological polar surface area (TPSA) is 89.2 Å². The number of Topliss-reactive ketones (excluding diaryl/α,β-unsaturated/α-hetero) is 1. The van der Waals surface area contributed by atoms with E-state index in [4.69, 9.17) is 13.9 Å². The first-order valence-electron chi connectivity index (χ1n) is 12.0. The number of hydrogen-bond acceptors (Lipinski definition) is 6. The molecule has 1 aliphatic rings. The molecule has 3 aromatic rings. The van der Waals surface area contributed by atoms with Gasteiger partial charge in [-0.3, -0.25) is 9.59 Å². The van der Waals surface area contributed by atoms with Crippen molar-refractivity contribution in [3.63, 3.8) is 0 Å². The van der Waals surface area contributed by atoms with E-state index in [1.807, 2.05) is 39.0 Å². The van der Waals surface area contributed by atoms with E-state index in [-0.39, 0.29) is 23.8 Å². The van der Waals surface area contributed by atoms with Crippen LogP contribution in [0.15, 0.2) is 64.6 Å². The molecule has 0 saturated carbocycles. The van der Waals surface area contributed by atoms with E-state index >= 15 is 0 Å². The Bertz CT molecular complexity index is 1300. The second kappa shape index (κ2) is 10.3. The Balaban J connectivity index is 1.82. The fraction of sp³-hybridized carbons (Fsp3) is 0.310. The Morgan fingerprint density at radius 2 is 1.81 bits per heavy atom. The monoisotopic (exact) mass is 489 g/mol. The molecule has 7 nitrogen and oxygen atoms in total. The predicted molar refractivity (Wildman–Crippen MR) is 136 cm³/mol. The molecule has 1 amide bonds. The molecule has 36 heavy (non-hydrogen) atoms. The average molecular weight is 490 g/mol. The van der Waals surface area contributed by atoms with Gasteiger partial charge in [0.05, 0.1) is 19.3 Å². The molecule has 1 aliphatic heterocycles. The Hall–Kier alpha value is -4.00. The zero-order valence-corrected chi connectivity index (χ0v) is 21.2. The van der Waals surface area contributed by atoms with Crippen molar-refractivity contribution in [3.8, 4) is 11.5 Å². The highest BCUT2D eigenvalue weighted by Crippen LogP contribution is 2.41. The highest BCUT2D eigenvalue weighted by Gasteiger charge is 2.47. The highest BCUT2D eigenvalue weighted by atomic mass is 16.5. The number of amides is 1. The van der Waals surface area contributed by atoms with Gasteiger partial charge in [0.2, 0.25) is 0 Å². The van der Waals surface area contributed by atoms with Crippen LogP contribution in [0.3, 0.4) is 0 Å². The number of rotatable bonds is 8. The van der Waals surface area contributed by atoms with Crippen molar-refractivity contribution >= 4 is 17.4 Å². The summed E-state index contributed by atoms with van der Waals surface area (Å²) in [5.41, 5.74) is 2.16. The first-order chi connectivity index (χ1) is 17.2. The molecule has 188 valence electrons. The van der Waals surface area contributed by atoms with Crippen LogP contribution < -0.4 is 9.47 Å². The molecule has 2 heterocycles. The maximum absolute atomic E-state index is 13.3. The summed E-state index contributed by atoms with van der Waals surface area (Å²) in [5, 5.41) is 11.4. The quantitative estimate of drug-likeness (QED) is 0.247. The van der Waals surface area contributed by atoms with Gasteiger partial charge < -0.3 is 23.9 Å². The van der Waals surface area contributed by atoms with E-state index in [0.29, 0.717) is 29.4 Å². The standard InChI is InChI=1S/C29H31NO6/c1-6-35-23-14-10-20(15-22(23)17(2)3)27(31)25-26(24-13-7-18(4)36-24)30(29(33)28(25)32)16-19-8-11-21(34-5)12-9-19/h7-15,17,26,31H,6,16H2,1-5H3/b27-25-. The fourth-order valence-electron chi connectivity index (χ4n) is 4.46. The van der Waals surface area contributed by atoms with E-state index in [1.54, 1.807) is 50.4 Å². The lowest BCUT2D eigenvalue weighted by atomic mass is 9.95. The van der Waals surface area contributed by atoms with Crippen molar-refractivity contribution in [2.24, 2.45) is 0 Å². The number of aryl methyl sites for hydroxylation is 1. The number of methoxy groups -OCH3 is 1. The van der Waals surface area contributed by atoms with Crippen molar-refractivity contribution in [2.75, 3.05) is 13.7 Å². The minimum absolute atomic E-state index is 0.00160. The van der Waals surface area contributed by atoms with Crippen LogP contribution in [0, 0.1) is 6.92 Å². The van der Waals surface area contributed by atoms with Crippen LogP contribution in [0.2, 0.25) is 0 Å². The number of hydrogen-bond donors (Lipinski definition) is 1. The molecule has 0 bridgehead atoms. The molecule has 0 aliphatic carbocycles. The van der Waals surface area contributed by atoms with Crippen LogP contribution in [0.4, 0.5) is 0 Å². The van der Waals surface area contributed by atoms with Gasteiger partial charge >= 0.3 is 0 Å². The average Bonchev–Trinajstić information content (AvgIpc) is 3.40. The second-order valence-corrected chi connectivity index (χ2v) is 9.06. The van der Waals surface area contributed by atoms with Gasteiger partial charge in [0.1, 0.15) is 34.8 Å². The van der Waals surface area contributed by atoms with Gasteiger partial charge in [0.15, 0.2) is 0 Å². The molecule has 1 atom stereocenters. The lowest BCUT2D eigenvalue weighted by Gasteiger charge is -2.23. The largest absolute Gasteiger partial charge is 0.507 e. The molecular formula is C29H31NO6. The van der Waals surface area contributed by atoms with Gasteiger partial charge in [0.25, 0.3) is 11.7 Å². The number of nitrogens with zero attached hydrogens (tertiary/aromatic N) is 1. The summed E-state index contributed by atoms with van der Waals surface area (Å²) >= 11 is 0. The molecule has 4 rings (SSSR count). The van der Waals surface area contributed by atoms with Crippen molar-refractivity contribution in [3.05, 3.63) is 88.4 Å². The van der Waals surface area contributed by atoms with Gasteiger partial charge in [-0.1, -0.05) is 26.0 Å². The smallest absolute Gasteiger partial charge is 0.296 e. The van der Waals surface area contributed by atoms with Gasteiger partial charge in [-0.25, -0.2) is 0 Å². The van der Waals surface area contributed by atoms with Crippen molar-refractivity contribution in [2.45, 2.75) is 46.2 Å². The van der Waals surface area contributed by atoms with Crippen molar-refractivity contribution in [1.82, 2.24) is 4.90 Å². The molecule has 2 aromatic carbocycles. The maximum Gasteiger partial charge on any atom is 0.296 e. The normalized spacial score (nSPS) is 17.2. The van der Waals surface area contributed by atoms with Gasteiger partial charge in [-0.2, -0.15) is 0 Å². The molecular weight excluding hydrogens is 458 g/mol. The van der Waals surface area contributed by atoms with E-state index in [9.17, 15) is 14.7 Å². The van der Waals surface area contributed by atoms with Gasteiger partial charge in [0, 0.05) is 12.1 Å². The predicted octanol–water partition coefficient (Wildman–Crippen LogP) is 5.74. The molecule has 1 fully saturated rings. The molecule has 0 radical (unpaired) electrons. The molecule has 7 heteroatoms. The Morgan fingerprint density at radius 1 is 1.08 bits per heavy atom. The van der Waals surface area contributed by atoms with Crippen molar-refractivity contribution in [1.29, 1.82) is 0 Å². The third kappa shape index (κ3) is 4.73. The molecule has 0 spiro atoms. The van der Waals surface area contributed by atoms with E-state index in [1.165, 1.54) is 4.90 Å². The first kappa shape index (κ1) is 25.1. The summed E-state index contributed by atoms with van der Waals surface area (Å²) < 4.78 is 16.8. The lowest BCUT2D eigenvalue weighted by molar-refractivity contribution is -0.140. The maximum atomic E-state index is 13.3. The third-order valence-corrected chi connectivity index (χ3v) is 6.29. The minimum Gasteiger partial charge on any atom is -0.507 e. The zero-order valence-electron chi connectivity index (χ0n) is 21.2. The number of carbonyl (C=O) groups excluding carboxylic acids is 2. The molecule has 1 saturated heterocycles. The van der Waals surface area contributed by atoms with Crippen LogP contribution in [0.5, 0.6) is 11.5 Å². The summed E-state index contributed by atoms with van der Waals surface area (Å²) in [6, 6.07) is 15.2. The zero-order chi connectivity index (χ0) is 26.0. The Kier molecular flexibility index (Phi) is 7.20. The Morgan fingerprint density at radius 3 is 2.39 bits per heavy atom. The number of carbonyl (C=O) groups is 2. The van der Waals surface area contributed by atoms with E-state index in [0.717, 1.165) is 16.9 Å². The number of furan rings is 1. The summed E-state index contributed by atoms with van der Waals surface area (Å²) in [6.45, 7) is 8.44. The van der Waals surface area contributed by atoms with Gasteiger partial charge in [-0.05, 0) is 73.4 Å². The van der Waals surface area contributed by atoms with E-state index in [2.05, 4.69) is 0 Å². The van der Waals surface area contributed by atoms with Crippen LogP contribution in [0.1, 0.15) is 60.9 Å². The lowest BCUT2D eigenvalue weighted by Crippen LogP contribution is -2.29. The number of benzene rings is 2. The summed E-state index contributed by atoms with van der Waals surface area (Å²) in [5.74, 6) is 0.911. The molecule has 1 unspecified atom stereocenters. The van der Waals surface area contributed by atoms with Crippen LogP contribution >= 0.6 is 0 Å². The van der Waals surface area contributed by atoms with Gasteiger partial charge in [-0.15, -0.1) is 0 Å². The molecule has 1 aromatic heterocycles. The number of ether oxygens (including phenoxy) is 2. The number of aliphatic hydroxyl groups excluding tert-OH is 1. The minimum atomic E-state index is -0.866. The van der Waals surface area contributed by atoms with E-state index < -0.39 is 17.7 Å². The van der Waals surface area contributed by atoms with Crippen LogP contribution in [0.25, 0.3) is 5.76 Å². The highest BCUT2D eigenvalue weighted by molar-refractivity contribution is 6.46. The summed E-state index contributed by atoms with van der Waals surface area (Å²) in [7, 11) is 1.58. The van der Waals surface area contributed by atoms with Crippen LogP contribution in [-0.4, -0.2) is 35.4 Å². The second-order valence-electron chi connectivity index (χ2n) is 9.06. The third-order valence-electron chi connectivity index (χ3n) is 6.29. The fourth-order valence-corrected chi connectivity index (χ4v) is 4.46. The SMILES string of the molecule is CCOc1ccc(/C(O)=C2/C(=O)C(=O)N(Cc3ccc(OC)cc3)C2c2ccc(C)o2)cc1C(C)C. The Labute approximate surface area is 210 Å². The first-order valence-corrected chi connectivity index (χ1v) is 12.0. The summed E-state index contributed by atoms with van der Waals surface area (Å²) in [4.78, 5) is 28.0. The number of aliphatic hydroxyl groups is 1. The molecule has 1 N–H and O–H groups in total. The summed E-state index contributed by atoms with van der Waals surface area (Å²) in [6.07, 6.45) is 0. The number of ketones is 1. The van der Waals surface area contributed by atoms with Crippen LogP contribution in [-0.2, 0) is 16.1 Å². The number of likely N-dealkylation sites (tertiary alicyclic amines) is 1. The van der Waals surface area contributed by atoms with Crippen molar-refractivity contribution < 1.29 is 28.6 Å².